The molecule has 0 bridgehead atoms. The molecule has 0 aliphatic carbocycles. The quantitative estimate of drug-likeness (QED) is 0.830. The molecule has 0 aliphatic rings. The second kappa shape index (κ2) is 7.04. The fourth-order valence-corrected chi connectivity index (χ4v) is 3.61. The van der Waals surface area contributed by atoms with Crippen LogP contribution in [0, 0.1) is 0 Å². The Morgan fingerprint density at radius 2 is 1.64 bits per heavy atom. The van der Waals surface area contributed by atoms with Gasteiger partial charge in [-0.05, 0) is 29.8 Å². The molecule has 0 aromatic heterocycles. The molecular formula is C15H15BrN2O3S. The molecule has 22 heavy (non-hydrogen) atoms. The van der Waals surface area contributed by atoms with Gasteiger partial charge in [-0.15, -0.1) is 0 Å². The lowest BCUT2D eigenvalue weighted by atomic mass is 10.2. The normalized spacial score (nSPS) is 11.5. The lowest BCUT2D eigenvalue weighted by Crippen LogP contribution is -2.37. The van der Waals surface area contributed by atoms with Crippen LogP contribution in [0.4, 0.5) is 0 Å². The number of primary amides is 1. The summed E-state index contributed by atoms with van der Waals surface area (Å²) in [6.45, 7) is -0.291. The van der Waals surface area contributed by atoms with E-state index in [9.17, 15) is 13.2 Å². The molecule has 0 saturated carbocycles. The third-order valence-corrected chi connectivity index (χ3v) is 5.32. The first-order valence-electron chi connectivity index (χ1n) is 6.47. The van der Waals surface area contributed by atoms with Gasteiger partial charge in [0.2, 0.25) is 15.9 Å². The Morgan fingerprint density at radius 1 is 1.05 bits per heavy atom. The summed E-state index contributed by atoms with van der Waals surface area (Å²) < 4.78 is 27.3. The average Bonchev–Trinajstić information content (AvgIpc) is 2.49. The number of sulfonamides is 1. The van der Waals surface area contributed by atoms with Crippen molar-refractivity contribution in [2.24, 2.45) is 5.73 Å². The molecule has 5 nitrogen and oxygen atoms in total. The van der Waals surface area contributed by atoms with Crippen LogP contribution >= 0.6 is 15.9 Å². The summed E-state index contributed by atoms with van der Waals surface area (Å²) in [5.41, 5.74) is 5.96. The van der Waals surface area contributed by atoms with Crippen LogP contribution in [0.3, 0.4) is 0 Å². The van der Waals surface area contributed by atoms with E-state index in [1.54, 1.807) is 30.3 Å². The number of amides is 1. The van der Waals surface area contributed by atoms with Gasteiger partial charge in [0.1, 0.15) is 0 Å². The van der Waals surface area contributed by atoms with Crippen LogP contribution in [0.2, 0.25) is 0 Å². The summed E-state index contributed by atoms with van der Waals surface area (Å²) in [5.74, 6) is -0.698. The fourth-order valence-electron chi connectivity index (χ4n) is 1.93. The molecular weight excluding hydrogens is 368 g/mol. The Balaban J connectivity index is 2.33. The molecule has 0 radical (unpaired) electrons. The van der Waals surface area contributed by atoms with Crippen molar-refractivity contribution in [3.05, 3.63) is 64.6 Å². The summed E-state index contributed by atoms with van der Waals surface area (Å²) in [6, 6.07) is 15.2. The lowest BCUT2D eigenvalue weighted by Gasteiger charge is -2.21. The first-order chi connectivity index (χ1) is 10.4. The van der Waals surface area contributed by atoms with Gasteiger partial charge in [0.25, 0.3) is 0 Å². The highest BCUT2D eigenvalue weighted by Crippen LogP contribution is 2.19. The van der Waals surface area contributed by atoms with E-state index in [0.717, 1.165) is 14.3 Å². The zero-order chi connectivity index (χ0) is 16.2. The number of carbonyl (C=O) groups is 1. The largest absolute Gasteiger partial charge is 0.369 e. The molecule has 1 amide bonds. The van der Waals surface area contributed by atoms with Crippen LogP contribution in [-0.2, 0) is 21.4 Å². The number of hydrogen-bond acceptors (Lipinski definition) is 3. The number of benzene rings is 2. The third kappa shape index (κ3) is 4.16. The zero-order valence-corrected chi connectivity index (χ0v) is 14.0. The van der Waals surface area contributed by atoms with E-state index in [4.69, 9.17) is 5.73 Å². The molecule has 0 spiro atoms. The van der Waals surface area contributed by atoms with Crippen LogP contribution in [0.15, 0.2) is 64.0 Å². The number of nitrogens with zero attached hydrogens (tertiary/aromatic N) is 1. The summed E-state index contributed by atoms with van der Waals surface area (Å²) in [6.07, 6.45) is 0. The third-order valence-electron chi connectivity index (χ3n) is 2.99. The van der Waals surface area contributed by atoms with Crippen molar-refractivity contribution in [1.82, 2.24) is 4.31 Å². The van der Waals surface area contributed by atoms with Crippen molar-refractivity contribution in [3.63, 3.8) is 0 Å². The predicted molar refractivity (Wildman–Crippen MR) is 87.4 cm³/mol. The molecule has 0 fully saturated rings. The highest BCUT2D eigenvalue weighted by atomic mass is 79.9. The number of rotatable bonds is 6. The number of hydrogen-bond donors (Lipinski definition) is 1. The minimum Gasteiger partial charge on any atom is -0.369 e. The first kappa shape index (κ1) is 16.7. The average molecular weight is 383 g/mol. The fraction of sp³-hybridized carbons (Fsp3) is 0.133. The van der Waals surface area contributed by atoms with Crippen LogP contribution < -0.4 is 5.73 Å². The predicted octanol–water partition coefficient (Wildman–Crippen LogP) is 2.13. The minimum absolute atomic E-state index is 0.0768. The lowest BCUT2D eigenvalue weighted by molar-refractivity contribution is -0.118. The molecule has 0 atom stereocenters. The second-order valence-electron chi connectivity index (χ2n) is 4.68. The van der Waals surface area contributed by atoms with Gasteiger partial charge in [0.05, 0.1) is 11.4 Å². The maximum absolute atomic E-state index is 12.6. The maximum Gasteiger partial charge on any atom is 0.243 e. The highest BCUT2D eigenvalue weighted by molar-refractivity contribution is 9.10. The van der Waals surface area contributed by atoms with Gasteiger partial charge in [-0.1, -0.05) is 46.3 Å². The van der Waals surface area contributed by atoms with Gasteiger partial charge in [-0.3, -0.25) is 4.79 Å². The highest BCUT2D eigenvalue weighted by Gasteiger charge is 2.25. The van der Waals surface area contributed by atoms with E-state index in [1.807, 2.05) is 12.1 Å². The summed E-state index contributed by atoms with van der Waals surface area (Å²) in [4.78, 5) is 11.4. The maximum atomic E-state index is 12.6. The van der Waals surface area contributed by atoms with Crippen molar-refractivity contribution < 1.29 is 13.2 Å². The van der Waals surface area contributed by atoms with Gasteiger partial charge in [-0.25, -0.2) is 8.42 Å². The molecule has 2 aromatic rings. The Kier molecular flexibility index (Phi) is 5.33. The van der Waals surface area contributed by atoms with Crippen LogP contribution in [0.5, 0.6) is 0 Å². The van der Waals surface area contributed by atoms with Crippen molar-refractivity contribution >= 4 is 31.9 Å². The van der Waals surface area contributed by atoms with Crippen molar-refractivity contribution in [3.8, 4) is 0 Å². The van der Waals surface area contributed by atoms with E-state index in [-0.39, 0.29) is 18.0 Å². The molecule has 2 rings (SSSR count). The van der Waals surface area contributed by atoms with E-state index in [1.165, 1.54) is 12.1 Å². The van der Waals surface area contributed by atoms with Crippen molar-refractivity contribution in [2.75, 3.05) is 6.54 Å². The smallest absolute Gasteiger partial charge is 0.243 e. The van der Waals surface area contributed by atoms with Gasteiger partial charge >= 0.3 is 0 Å². The van der Waals surface area contributed by atoms with E-state index < -0.39 is 15.9 Å². The van der Waals surface area contributed by atoms with E-state index >= 15 is 0 Å². The molecule has 116 valence electrons. The first-order valence-corrected chi connectivity index (χ1v) is 8.71. The summed E-state index contributed by atoms with van der Waals surface area (Å²) in [7, 11) is -3.78. The summed E-state index contributed by atoms with van der Waals surface area (Å²) in [5, 5.41) is 0. The Labute approximate surface area is 137 Å². The van der Waals surface area contributed by atoms with Gasteiger partial charge in [-0.2, -0.15) is 4.31 Å². The molecule has 0 heterocycles. The zero-order valence-electron chi connectivity index (χ0n) is 11.6. The van der Waals surface area contributed by atoms with Crippen LogP contribution in [-0.4, -0.2) is 25.2 Å². The second-order valence-corrected chi connectivity index (χ2v) is 7.53. The molecule has 0 unspecified atom stereocenters. The Morgan fingerprint density at radius 3 is 2.18 bits per heavy atom. The minimum atomic E-state index is -3.78. The van der Waals surface area contributed by atoms with Crippen molar-refractivity contribution in [2.45, 2.75) is 11.4 Å². The molecule has 2 aromatic carbocycles. The van der Waals surface area contributed by atoms with Gasteiger partial charge < -0.3 is 5.73 Å². The van der Waals surface area contributed by atoms with Gasteiger partial charge in [0.15, 0.2) is 0 Å². The molecule has 7 heteroatoms. The molecule has 2 N–H and O–H groups in total. The van der Waals surface area contributed by atoms with Gasteiger partial charge in [0, 0.05) is 11.0 Å². The topological polar surface area (TPSA) is 80.5 Å². The van der Waals surface area contributed by atoms with E-state index in [0.29, 0.717) is 0 Å². The number of carbonyl (C=O) groups excluding carboxylic acids is 1. The van der Waals surface area contributed by atoms with E-state index in [2.05, 4.69) is 15.9 Å². The standard InChI is InChI=1S/C15H15BrN2O3S/c16-13-8-6-12(7-9-13)10-18(11-15(17)19)22(20,21)14-4-2-1-3-5-14/h1-9H,10-11H2,(H2,17,19). The summed E-state index contributed by atoms with van der Waals surface area (Å²) >= 11 is 3.32. The monoisotopic (exact) mass is 382 g/mol. The van der Waals surface area contributed by atoms with Crippen LogP contribution in [0.25, 0.3) is 0 Å². The van der Waals surface area contributed by atoms with Crippen LogP contribution in [0.1, 0.15) is 5.56 Å². The Hall–Kier alpha value is -1.70. The Bertz CT molecular complexity index is 746. The molecule has 0 saturated heterocycles. The SMILES string of the molecule is NC(=O)CN(Cc1ccc(Br)cc1)S(=O)(=O)c1ccccc1. The number of halogens is 1. The van der Waals surface area contributed by atoms with Crippen molar-refractivity contribution in [1.29, 1.82) is 0 Å². The molecule has 0 aliphatic heterocycles. The number of nitrogens with two attached hydrogens (primary N) is 1.